The SMILES string of the molecule is CCC(C)C(N)C(=O)Nc1ncc(Cc2ccc(F)c(F)c2)s1. The Bertz CT molecular complexity index is 690. The Balaban J connectivity index is 2.00. The second-order valence-corrected chi connectivity index (χ2v) is 6.57. The molecule has 3 N–H and O–H groups in total. The zero-order valence-corrected chi connectivity index (χ0v) is 13.8. The fourth-order valence-corrected chi connectivity index (χ4v) is 2.85. The highest BCUT2D eigenvalue weighted by Crippen LogP contribution is 2.22. The minimum absolute atomic E-state index is 0.0802. The van der Waals surface area contributed by atoms with Crippen LogP contribution in [0.5, 0.6) is 0 Å². The molecule has 2 atom stereocenters. The fraction of sp³-hybridized carbons (Fsp3) is 0.375. The molecule has 0 saturated carbocycles. The van der Waals surface area contributed by atoms with Crippen LogP contribution in [0.25, 0.3) is 0 Å². The molecule has 0 aliphatic carbocycles. The first kappa shape index (κ1) is 17.5. The zero-order chi connectivity index (χ0) is 17.0. The predicted octanol–water partition coefficient (Wildman–Crippen LogP) is 3.32. The van der Waals surface area contributed by atoms with Gasteiger partial charge in [-0.3, -0.25) is 4.79 Å². The van der Waals surface area contributed by atoms with E-state index in [1.165, 1.54) is 17.4 Å². The molecule has 1 aromatic carbocycles. The molecule has 0 spiro atoms. The van der Waals surface area contributed by atoms with Crippen LogP contribution in [0.15, 0.2) is 24.4 Å². The van der Waals surface area contributed by atoms with Crippen molar-refractivity contribution < 1.29 is 13.6 Å². The number of thiazole rings is 1. The minimum Gasteiger partial charge on any atom is -0.320 e. The molecule has 124 valence electrons. The normalized spacial score (nSPS) is 13.6. The molecule has 2 unspecified atom stereocenters. The van der Waals surface area contributed by atoms with Crippen molar-refractivity contribution in [1.82, 2.24) is 4.98 Å². The van der Waals surface area contributed by atoms with Gasteiger partial charge in [0.2, 0.25) is 5.91 Å². The van der Waals surface area contributed by atoms with Crippen molar-refractivity contribution in [1.29, 1.82) is 0 Å². The Morgan fingerprint density at radius 2 is 2.13 bits per heavy atom. The summed E-state index contributed by atoms with van der Waals surface area (Å²) < 4.78 is 26.1. The third kappa shape index (κ3) is 4.56. The van der Waals surface area contributed by atoms with Crippen molar-refractivity contribution in [2.45, 2.75) is 32.7 Å². The highest BCUT2D eigenvalue weighted by molar-refractivity contribution is 7.15. The minimum atomic E-state index is -0.875. The maximum absolute atomic E-state index is 13.2. The van der Waals surface area contributed by atoms with Crippen LogP contribution in [0, 0.1) is 17.6 Å². The first-order valence-electron chi connectivity index (χ1n) is 7.35. The van der Waals surface area contributed by atoms with Gasteiger partial charge in [0.05, 0.1) is 6.04 Å². The molecule has 2 rings (SSSR count). The van der Waals surface area contributed by atoms with Crippen LogP contribution in [0.2, 0.25) is 0 Å². The first-order valence-corrected chi connectivity index (χ1v) is 8.17. The number of halogens is 2. The Morgan fingerprint density at radius 1 is 1.39 bits per heavy atom. The van der Waals surface area contributed by atoms with Gasteiger partial charge in [-0.2, -0.15) is 0 Å². The van der Waals surface area contributed by atoms with Crippen LogP contribution in [-0.4, -0.2) is 16.9 Å². The average Bonchev–Trinajstić information content (AvgIpc) is 2.96. The topological polar surface area (TPSA) is 68.0 Å². The molecule has 23 heavy (non-hydrogen) atoms. The molecule has 7 heteroatoms. The van der Waals surface area contributed by atoms with Crippen LogP contribution in [-0.2, 0) is 11.2 Å². The quantitative estimate of drug-likeness (QED) is 0.848. The van der Waals surface area contributed by atoms with E-state index < -0.39 is 17.7 Å². The molecule has 0 saturated heterocycles. The largest absolute Gasteiger partial charge is 0.320 e. The summed E-state index contributed by atoms with van der Waals surface area (Å²) in [6.07, 6.45) is 2.84. The standard InChI is InChI=1S/C16H19F2N3OS/c1-3-9(2)14(19)15(22)21-16-20-8-11(23-16)6-10-4-5-12(17)13(18)7-10/h4-5,7-9,14H,3,6,19H2,1-2H3,(H,20,21,22). The number of carbonyl (C=O) groups excluding carboxylic acids is 1. The summed E-state index contributed by atoms with van der Waals surface area (Å²) in [5, 5.41) is 3.14. The number of hydrogen-bond donors (Lipinski definition) is 2. The highest BCUT2D eigenvalue weighted by atomic mass is 32.1. The lowest BCUT2D eigenvalue weighted by atomic mass is 10.00. The Morgan fingerprint density at radius 3 is 2.78 bits per heavy atom. The molecule has 2 aromatic rings. The fourth-order valence-electron chi connectivity index (χ4n) is 2.00. The summed E-state index contributed by atoms with van der Waals surface area (Å²) in [7, 11) is 0. The lowest BCUT2D eigenvalue weighted by Crippen LogP contribution is -2.40. The van der Waals surface area contributed by atoms with Crippen LogP contribution >= 0.6 is 11.3 Å². The predicted molar refractivity (Wildman–Crippen MR) is 87.3 cm³/mol. The first-order chi connectivity index (χ1) is 10.9. The number of benzene rings is 1. The summed E-state index contributed by atoms with van der Waals surface area (Å²) in [5.41, 5.74) is 6.51. The van der Waals surface area contributed by atoms with Gasteiger partial charge in [-0.05, 0) is 23.6 Å². The van der Waals surface area contributed by atoms with E-state index in [1.807, 2.05) is 13.8 Å². The number of nitrogens with zero attached hydrogens (tertiary/aromatic N) is 1. The number of aromatic nitrogens is 1. The number of nitrogens with two attached hydrogens (primary N) is 1. The molecular weight excluding hydrogens is 320 g/mol. The van der Waals surface area contributed by atoms with Crippen LogP contribution in [0.3, 0.4) is 0 Å². The number of nitrogens with one attached hydrogen (secondary N) is 1. The van der Waals surface area contributed by atoms with Gasteiger partial charge in [0.25, 0.3) is 0 Å². The van der Waals surface area contributed by atoms with E-state index in [2.05, 4.69) is 10.3 Å². The van der Waals surface area contributed by atoms with Crippen molar-refractivity contribution in [3.8, 4) is 0 Å². The number of anilines is 1. The molecule has 1 amide bonds. The van der Waals surface area contributed by atoms with Gasteiger partial charge in [0, 0.05) is 17.5 Å². The zero-order valence-electron chi connectivity index (χ0n) is 13.0. The number of amides is 1. The van der Waals surface area contributed by atoms with Crippen molar-refractivity contribution in [2.75, 3.05) is 5.32 Å². The van der Waals surface area contributed by atoms with Crippen molar-refractivity contribution in [3.63, 3.8) is 0 Å². The second-order valence-electron chi connectivity index (χ2n) is 5.46. The maximum atomic E-state index is 13.2. The Hall–Kier alpha value is -1.86. The van der Waals surface area contributed by atoms with Crippen LogP contribution < -0.4 is 11.1 Å². The van der Waals surface area contributed by atoms with E-state index >= 15 is 0 Å². The Labute approximate surface area is 137 Å². The molecule has 0 bridgehead atoms. The van der Waals surface area contributed by atoms with Crippen molar-refractivity contribution in [3.05, 3.63) is 46.5 Å². The molecule has 4 nitrogen and oxygen atoms in total. The molecule has 0 radical (unpaired) electrons. The lowest BCUT2D eigenvalue weighted by Gasteiger charge is -2.16. The van der Waals surface area contributed by atoms with Gasteiger partial charge >= 0.3 is 0 Å². The molecule has 0 aliphatic heterocycles. The smallest absolute Gasteiger partial charge is 0.243 e. The molecule has 0 aliphatic rings. The second kappa shape index (κ2) is 7.61. The van der Waals surface area contributed by atoms with E-state index in [4.69, 9.17) is 5.73 Å². The third-order valence-electron chi connectivity index (χ3n) is 3.71. The summed E-state index contributed by atoms with van der Waals surface area (Å²) in [5.74, 6) is -1.94. The number of carbonyl (C=O) groups is 1. The van der Waals surface area contributed by atoms with Gasteiger partial charge < -0.3 is 11.1 Å². The summed E-state index contributed by atoms with van der Waals surface area (Å²) in [6, 6.07) is 3.19. The maximum Gasteiger partial charge on any atom is 0.243 e. The van der Waals surface area contributed by atoms with E-state index in [9.17, 15) is 13.6 Å². The monoisotopic (exact) mass is 339 g/mol. The molecule has 1 heterocycles. The van der Waals surface area contributed by atoms with Gasteiger partial charge in [-0.25, -0.2) is 13.8 Å². The lowest BCUT2D eigenvalue weighted by molar-refractivity contribution is -0.118. The van der Waals surface area contributed by atoms with E-state index in [0.29, 0.717) is 17.1 Å². The highest BCUT2D eigenvalue weighted by Gasteiger charge is 2.20. The molecular formula is C16H19F2N3OS. The van der Waals surface area contributed by atoms with E-state index in [-0.39, 0.29) is 11.8 Å². The van der Waals surface area contributed by atoms with E-state index in [0.717, 1.165) is 23.4 Å². The van der Waals surface area contributed by atoms with Gasteiger partial charge in [0.1, 0.15) is 0 Å². The number of hydrogen-bond acceptors (Lipinski definition) is 4. The average molecular weight is 339 g/mol. The summed E-state index contributed by atoms with van der Waals surface area (Å²) >= 11 is 1.29. The Kier molecular flexibility index (Phi) is 5.79. The van der Waals surface area contributed by atoms with Crippen LogP contribution in [0.1, 0.15) is 30.7 Å². The summed E-state index contributed by atoms with van der Waals surface area (Å²) in [6.45, 7) is 3.89. The molecule has 0 fully saturated rings. The third-order valence-corrected chi connectivity index (χ3v) is 4.62. The number of rotatable bonds is 6. The molecule has 1 aromatic heterocycles. The van der Waals surface area contributed by atoms with Crippen molar-refractivity contribution >= 4 is 22.4 Å². The van der Waals surface area contributed by atoms with Crippen molar-refractivity contribution in [2.24, 2.45) is 11.7 Å². The van der Waals surface area contributed by atoms with Gasteiger partial charge in [-0.1, -0.05) is 26.3 Å². The summed E-state index contributed by atoms with van der Waals surface area (Å²) in [4.78, 5) is 17.0. The van der Waals surface area contributed by atoms with Crippen LogP contribution in [0.4, 0.5) is 13.9 Å². The van der Waals surface area contributed by atoms with Gasteiger partial charge in [0.15, 0.2) is 16.8 Å². The van der Waals surface area contributed by atoms with Gasteiger partial charge in [-0.15, -0.1) is 11.3 Å². The van der Waals surface area contributed by atoms with E-state index in [1.54, 1.807) is 6.20 Å².